The molecule has 0 radical (unpaired) electrons. The highest BCUT2D eigenvalue weighted by Gasteiger charge is 2.24. The summed E-state index contributed by atoms with van der Waals surface area (Å²) in [6.07, 6.45) is 0.486. The molecule has 0 aliphatic rings. The predicted molar refractivity (Wildman–Crippen MR) is 50.8 cm³/mol. The van der Waals surface area contributed by atoms with Crippen molar-refractivity contribution >= 4 is 5.97 Å². The highest BCUT2D eigenvalue weighted by molar-refractivity contribution is 5.69. The van der Waals surface area contributed by atoms with Crippen LogP contribution < -0.4 is 0 Å². The Balaban J connectivity index is 2.64. The smallest absolute Gasteiger partial charge is 0.308 e. The Hall–Kier alpha value is -1.40. The average Bonchev–Trinajstić information content (AvgIpc) is 2.63. The summed E-state index contributed by atoms with van der Waals surface area (Å²) >= 11 is 0. The Morgan fingerprint density at radius 2 is 2.33 bits per heavy atom. The van der Waals surface area contributed by atoms with Gasteiger partial charge in [0, 0.05) is 19.4 Å². The third-order valence-corrected chi connectivity index (χ3v) is 2.09. The topological polar surface area (TPSA) is 84.6 Å². The van der Waals surface area contributed by atoms with E-state index in [-0.39, 0.29) is 6.42 Å². The van der Waals surface area contributed by atoms with E-state index >= 15 is 0 Å². The SMILES string of the molecule is COC(=O)CC(O)C(O)c1nccn1C. The minimum atomic E-state index is -1.21. The van der Waals surface area contributed by atoms with Gasteiger partial charge in [0.25, 0.3) is 0 Å². The molecule has 1 aromatic rings. The number of carbonyl (C=O) groups is 1. The summed E-state index contributed by atoms with van der Waals surface area (Å²) in [6.45, 7) is 0. The van der Waals surface area contributed by atoms with Gasteiger partial charge in [-0.25, -0.2) is 4.98 Å². The number of aromatic nitrogens is 2. The second-order valence-electron chi connectivity index (χ2n) is 3.19. The van der Waals surface area contributed by atoms with Crippen LogP contribution in [0.4, 0.5) is 0 Å². The van der Waals surface area contributed by atoms with Crippen LogP contribution in [0.5, 0.6) is 0 Å². The Bertz CT molecular complexity index is 337. The summed E-state index contributed by atoms with van der Waals surface area (Å²) in [5.41, 5.74) is 0. The van der Waals surface area contributed by atoms with Gasteiger partial charge >= 0.3 is 5.97 Å². The molecule has 0 saturated heterocycles. The first-order valence-corrected chi connectivity index (χ1v) is 4.46. The zero-order chi connectivity index (χ0) is 11.4. The van der Waals surface area contributed by atoms with Gasteiger partial charge in [-0.2, -0.15) is 0 Å². The van der Waals surface area contributed by atoms with E-state index in [9.17, 15) is 15.0 Å². The molecule has 0 bridgehead atoms. The summed E-state index contributed by atoms with van der Waals surface area (Å²) in [7, 11) is 2.92. The van der Waals surface area contributed by atoms with Crippen LogP contribution in [0.3, 0.4) is 0 Å². The number of hydrogen-bond acceptors (Lipinski definition) is 5. The Morgan fingerprint density at radius 3 is 2.80 bits per heavy atom. The number of ether oxygens (including phenoxy) is 1. The molecule has 84 valence electrons. The Morgan fingerprint density at radius 1 is 1.67 bits per heavy atom. The van der Waals surface area contributed by atoms with Gasteiger partial charge in [0.05, 0.1) is 19.6 Å². The zero-order valence-corrected chi connectivity index (χ0v) is 8.62. The van der Waals surface area contributed by atoms with Crippen molar-refractivity contribution < 1.29 is 19.7 Å². The molecule has 0 aliphatic heterocycles. The van der Waals surface area contributed by atoms with Crippen LogP contribution in [0.1, 0.15) is 18.3 Å². The summed E-state index contributed by atoms with van der Waals surface area (Å²) in [6, 6.07) is 0. The molecule has 2 atom stereocenters. The molecule has 0 saturated carbocycles. The lowest BCUT2D eigenvalue weighted by Gasteiger charge is -2.16. The van der Waals surface area contributed by atoms with Gasteiger partial charge in [-0.15, -0.1) is 0 Å². The molecule has 1 heterocycles. The fourth-order valence-electron chi connectivity index (χ4n) is 1.20. The summed E-state index contributed by atoms with van der Waals surface area (Å²) in [5, 5.41) is 19.2. The fourth-order valence-corrected chi connectivity index (χ4v) is 1.20. The summed E-state index contributed by atoms with van der Waals surface area (Å²) in [5.74, 6) is -0.262. The highest BCUT2D eigenvalue weighted by atomic mass is 16.5. The second kappa shape index (κ2) is 4.90. The van der Waals surface area contributed by atoms with Crippen molar-refractivity contribution in [2.45, 2.75) is 18.6 Å². The van der Waals surface area contributed by atoms with Crippen LogP contribution in [0, 0.1) is 0 Å². The van der Waals surface area contributed by atoms with Crippen molar-refractivity contribution in [3.05, 3.63) is 18.2 Å². The van der Waals surface area contributed by atoms with Gasteiger partial charge in [0.1, 0.15) is 11.9 Å². The van der Waals surface area contributed by atoms with E-state index in [1.807, 2.05) is 0 Å². The van der Waals surface area contributed by atoms with E-state index in [1.54, 1.807) is 17.8 Å². The monoisotopic (exact) mass is 214 g/mol. The van der Waals surface area contributed by atoms with Gasteiger partial charge in [0.2, 0.25) is 0 Å². The molecule has 6 heteroatoms. The maximum atomic E-state index is 10.9. The molecule has 1 aromatic heterocycles. The van der Waals surface area contributed by atoms with E-state index in [2.05, 4.69) is 9.72 Å². The number of aryl methyl sites for hydroxylation is 1. The van der Waals surface area contributed by atoms with Gasteiger partial charge in [-0.05, 0) is 0 Å². The largest absolute Gasteiger partial charge is 0.469 e. The molecule has 2 N–H and O–H groups in total. The van der Waals surface area contributed by atoms with Crippen LogP contribution in [0.25, 0.3) is 0 Å². The maximum absolute atomic E-state index is 10.9. The van der Waals surface area contributed by atoms with Gasteiger partial charge < -0.3 is 19.5 Å². The van der Waals surface area contributed by atoms with E-state index in [0.29, 0.717) is 5.82 Å². The van der Waals surface area contributed by atoms with Crippen LogP contribution in [0.2, 0.25) is 0 Å². The molecule has 15 heavy (non-hydrogen) atoms. The summed E-state index contributed by atoms with van der Waals surface area (Å²) < 4.78 is 5.96. The number of aliphatic hydroxyl groups is 2. The number of nitrogens with zero attached hydrogens (tertiary/aromatic N) is 2. The van der Waals surface area contributed by atoms with Crippen LogP contribution >= 0.6 is 0 Å². The van der Waals surface area contributed by atoms with Crippen molar-refractivity contribution in [2.24, 2.45) is 7.05 Å². The van der Waals surface area contributed by atoms with Crippen molar-refractivity contribution in [1.29, 1.82) is 0 Å². The lowest BCUT2D eigenvalue weighted by molar-refractivity contribution is -0.144. The average molecular weight is 214 g/mol. The normalized spacial score (nSPS) is 14.7. The molecule has 1 rings (SSSR count). The van der Waals surface area contributed by atoms with Crippen LogP contribution in [-0.2, 0) is 16.6 Å². The first kappa shape index (κ1) is 11.7. The fraction of sp³-hybridized carbons (Fsp3) is 0.556. The summed E-state index contributed by atoms with van der Waals surface area (Å²) in [4.78, 5) is 14.7. The zero-order valence-electron chi connectivity index (χ0n) is 8.62. The van der Waals surface area contributed by atoms with Crippen molar-refractivity contribution in [3.63, 3.8) is 0 Å². The highest BCUT2D eigenvalue weighted by Crippen LogP contribution is 2.16. The standard InChI is InChI=1S/C9H14N2O4/c1-11-4-3-10-9(11)8(14)6(12)5-7(13)15-2/h3-4,6,8,12,14H,5H2,1-2H3. The number of carbonyl (C=O) groups excluding carboxylic acids is 1. The van der Waals surface area contributed by atoms with Crippen LogP contribution in [-0.4, -0.2) is 38.9 Å². The minimum absolute atomic E-state index is 0.259. The molecule has 6 nitrogen and oxygen atoms in total. The van der Waals surface area contributed by atoms with Crippen molar-refractivity contribution in [1.82, 2.24) is 9.55 Å². The van der Waals surface area contributed by atoms with E-state index in [1.165, 1.54) is 13.3 Å². The minimum Gasteiger partial charge on any atom is -0.469 e. The number of aliphatic hydroxyl groups excluding tert-OH is 2. The van der Waals surface area contributed by atoms with Crippen molar-refractivity contribution in [2.75, 3.05) is 7.11 Å². The number of rotatable bonds is 4. The molecular formula is C9H14N2O4. The molecule has 0 fully saturated rings. The number of esters is 1. The lowest BCUT2D eigenvalue weighted by Crippen LogP contribution is -2.24. The molecule has 0 spiro atoms. The first-order valence-electron chi connectivity index (χ1n) is 4.46. The van der Waals surface area contributed by atoms with Gasteiger partial charge in [-0.1, -0.05) is 0 Å². The van der Waals surface area contributed by atoms with Crippen molar-refractivity contribution in [3.8, 4) is 0 Å². The van der Waals surface area contributed by atoms with Gasteiger partial charge in [-0.3, -0.25) is 4.79 Å². The molecule has 0 aromatic carbocycles. The molecule has 0 aliphatic carbocycles. The third kappa shape index (κ3) is 2.77. The predicted octanol–water partition coefficient (Wildman–Crippen LogP) is -0.623. The first-order chi connectivity index (χ1) is 7.06. The quantitative estimate of drug-likeness (QED) is 0.652. The Labute approximate surface area is 87.1 Å². The number of methoxy groups -OCH3 is 1. The number of hydrogen-bond donors (Lipinski definition) is 2. The van der Waals surface area contributed by atoms with E-state index < -0.39 is 18.2 Å². The van der Waals surface area contributed by atoms with Gasteiger partial charge in [0.15, 0.2) is 0 Å². The maximum Gasteiger partial charge on any atom is 0.308 e. The lowest BCUT2D eigenvalue weighted by atomic mass is 10.1. The molecular weight excluding hydrogens is 200 g/mol. The Kier molecular flexibility index (Phi) is 3.81. The van der Waals surface area contributed by atoms with E-state index in [4.69, 9.17) is 0 Å². The number of imidazole rings is 1. The molecule has 0 amide bonds. The molecule has 2 unspecified atom stereocenters. The second-order valence-corrected chi connectivity index (χ2v) is 3.19. The van der Waals surface area contributed by atoms with Crippen LogP contribution in [0.15, 0.2) is 12.4 Å². The van der Waals surface area contributed by atoms with E-state index in [0.717, 1.165) is 0 Å². The third-order valence-electron chi connectivity index (χ3n) is 2.09.